The highest BCUT2D eigenvalue weighted by Crippen LogP contribution is 2.74. The van der Waals surface area contributed by atoms with Gasteiger partial charge in [0.2, 0.25) is 0 Å². The van der Waals surface area contributed by atoms with Crippen molar-refractivity contribution in [2.75, 3.05) is 20.8 Å². The SMILES string of the molecule is COc1cc2c(c(C)c1OC)CC=C1[C@@]2(C)CC[C@@]2(C)[C@@H]3C[C@](C)(CO)CC[C@]3(C)CC[C@]12C. The lowest BCUT2D eigenvalue weighted by molar-refractivity contribution is -0.163. The molecule has 0 saturated heterocycles. The van der Waals surface area contributed by atoms with Crippen LogP contribution in [0.1, 0.15) is 96.3 Å². The standard InChI is InChI=1S/C31H46O3/c1-20-21-9-10-24-29(4,22(21)17-23(33-7)26(20)34-8)14-16-31(6)25-18-27(2,19-32)11-12-28(25,3)13-15-30(24,31)5/h10,17,25,32H,9,11-16,18-19H2,1-8H3/t25-,27-,28-,29+,30-,31+/m1/s1. The summed E-state index contributed by atoms with van der Waals surface area (Å²) in [5.74, 6) is 2.40. The Balaban J connectivity index is 1.63. The summed E-state index contributed by atoms with van der Waals surface area (Å²) >= 11 is 0. The van der Waals surface area contributed by atoms with Crippen LogP contribution in [0.25, 0.3) is 0 Å². The highest BCUT2D eigenvalue weighted by molar-refractivity contribution is 5.61. The van der Waals surface area contributed by atoms with Gasteiger partial charge in [0.1, 0.15) is 0 Å². The molecule has 1 aromatic carbocycles. The Morgan fingerprint density at radius 2 is 1.65 bits per heavy atom. The van der Waals surface area contributed by atoms with Crippen LogP contribution in [0.2, 0.25) is 0 Å². The Labute approximate surface area is 207 Å². The van der Waals surface area contributed by atoms with Gasteiger partial charge in [0.15, 0.2) is 11.5 Å². The van der Waals surface area contributed by atoms with Gasteiger partial charge in [-0.15, -0.1) is 0 Å². The molecule has 3 saturated carbocycles. The number of hydrogen-bond acceptors (Lipinski definition) is 3. The molecule has 5 rings (SSSR count). The van der Waals surface area contributed by atoms with Gasteiger partial charge in [-0.3, -0.25) is 0 Å². The normalized spacial score (nSPS) is 43.1. The van der Waals surface area contributed by atoms with Crippen LogP contribution in [0.4, 0.5) is 0 Å². The Morgan fingerprint density at radius 3 is 2.29 bits per heavy atom. The maximum atomic E-state index is 10.3. The predicted octanol–water partition coefficient (Wildman–Crippen LogP) is 7.16. The monoisotopic (exact) mass is 466 g/mol. The van der Waals surface area contributed by atoms with Crippen molar-refractivity contribution in [3.05, 3.63) is 34.4 Å². The number of allylic oxidation sites excluding steroid dienone is 2. The van der Waals surface area contributed by atoms with Gasteiger partial charge in [0.05, 0.1) is 14.2 Å². The smallest absolute Gasteiger partial charge is 0.163 e. The van der Waals surface area contributed by atoms with E-state index in [4.69, 9.17) is 9.47 Å². The molecule has 3 heteroatoms. The topological polar surface area (TPSA) is 38.7 Å². The maximum absolute atomic E-state index is 10.3. The molecule has 0 spiro atoms. The molecule has 188 valence electrons. The second-order valence-corrected chi connectivity index (χ2v) is 13.5. The van der Waals surface area contributed by atoms with Crippen molar-refractivity contribution in [2.24, 2.45) is 27.6 Å². The molecule has 0 unspecified atom stereocenters. The van der Waals surface area contributed by atoms with Crippen LogP contribution in [0.15, 0.2) is 17.7 Å². The third kappa shape index (κ3) is 2.91. The zero-order valence-electron chi connectivity index (χ0n) is 22.9. The number of rotatable bonds is 3. The predicted molar refractivity (Wildman–Crippen MR) is 139 cm³/mol. The fraction of sp³-hybridized carbons (Fsp3) is 0.742. The van der Waals surface area contributed by atoms with Crippen molar-refractivity contribution in [1.82, 2.24) is 0 Å². The van der Waals surface area contributed by atoms with Crippen molar-refractivity contribution in [3.8, 4) is 11.5 Å². The quantitative estimate of drug-likeness (QED) is 0.480. The van der Waals surface area contributed by atoms with Crippen LogP contribution in [0.5, 0.6) is 11.5 Å². The molecule has 1 aromatic rings. The summed E-state index contributed by atoms with van der Waals surface area (Å²) in [6, 6.07) is 2.29. The molecule has 0 aliphatic heterocycles. The van der Waals surface area contributed by atoms with E-state index in [0.29, 0.717) is 17.9 Å². The van der Waals surface area contributed by atoms with Gasteiger partial charge >= 0.3 is 0 Å². The number of benzene rings is 1. The number of hydrogen-bond donors (Lipinski definition) is 1. The van der Waals surface area contributed by atoms with Gasteiger partial charge in [-0.2, -0.15) is 0 Å². The van der Waals surface area contributed by atoms with Crippen molar-refractivity contribution >= 4 is 0 Å². The van der Waals surface area contributed by atoms with E-state index in [-0.39, 0.29) is 21.7 Å². The minimum Gasteiger partial charge on any atom is -0.493 e. The van der Waals surface area contributed by atoms with Crippen LogP contribution in [0.3, 0.4) is 0 Å². The minimum absolute atomic E-state index is 0.0366. The molecule has 0 heterocycles. The molecule has 1 N–H and O–H groups in total. The minimum atomic E-state index is 0.0366. The fourth-order valence-corrected chi connectivity index (χ4v) is 9.29. The van der Waals surface area contributed by atoms with E-state index in [0.717, 1.165) is 30.8 Å². The van der Waals surface area contributed by atoms with Gasteiger partial charge in [0.25, 0.3) is 0 Å². The molecule has 6 atom stereocenters. The lowest BCUT2D eigenvalue weighted by atomic mass is 9.34. The average molecular weight is 467 g/mol. The van der Waals surface area contributed by atoms with Gasteiger partial charge in [-0.25, -0.2) is 0 Å². The Bertz CT molecular complexity index is 1040. The third-order valence-electron chi connectivity index (χ3n) is 11.9. The van der Waals surface area contributed by atoms with E-state index in [9.17, 15) is 5.11 Å². The molecule has 0 amide bonds. The molecule has 3 nitrogen and oxygen atoms in total. The third-order valence-corrected chi connectivity index (χ3v) is 11.9. The van der Waals surface area contributed by atoms with Gasteiger partial charge in [-0.1, -0.05) is 46.3 Å². The summed E-state index contributed by atoms with van der Waals surface area (Å²) < 4.78 is 11.6. The van der Waals surface area contributed by atoms with Crippen molar-refractivity contribution in [1.29, 1.82) is 0 Å². The first-order valence-electron chi connectivity index (χ1n) is 13.5. The Morgan fingerprint density at radius 1 is 0.941 bits per heavy atom. The van der Waals surface area contributed by atoms with Crippen LogP contribution >= 0.6 is 0 Å². The maximum Gasteiger partial charge on any atom is 0.163 e. The molecular formula is C31H46O3. The highest BCUT2D eigenvalue weighted by Gasteiger charge is 2.66. The van der Waals surface area contributed by atoms with Gasteiger partial charge < -0.3 is 14.6 Å². The van der Waals surface area contributed by atoms with Crippen molar-refractivity contribution in [3.63, 3.8) is 0 Å². The van der Waals surface area contributed by atoms with E-state index in [1.54, 1.807) is 19.8 Å². The van der Waals surface area contributed by atoms with Gasteiger partial charge in [-0.05, 0) is 109 Å². The fourth-order valence-electron chi connectivity index (χ4n) is 9.29. The number of aliphatic hydroxyl groups is 1. The first kappa shape index (κ1) is 24.2. The summed E-state index contributed by atoms with van der Waals surface area (Å²) in [4.78, 5) is 0. The Kier molecular flexibility index (Phi) is 5.35. The van der Waals surface area contributed by atoms with Crippen LogP contribution in [0, 0.1) is 34.5 Å². The lowest BCUT2D eigenvalue weighted by Gasteiger charge is -2.70. The van der Waals surface area contributed by atoms with E-state index in [2.05, 4.69) is 53.7 Å². The number of methoxy groups -OCH3 is 2. The molecule has 0 aromatic heterocycles. The summed E-state index contributed by atoms with van der Waals surface area (Å²) in [7, 11) is 3.51. The molecular weight excluding hydrogens is 420 g/mol. The van der Waals surface area contributed by atoms with E-state index >= 15 is 0 Å². The summed E-state index contributed by atoms with van der Waals surface area (Å²) in [6.45, 7) is 15.1. The second kappa shape index (κ2) is 7.51. The Hall–Kier alpha value is -1.48. The summed E-state index contributed by atoms with van der Waals surface area (Å²) in [5, 5.41) is 10.3. The van der Waals surface area contributed by atoms with E-state index in [1.165, 1.54) is 48.8 Å². The van der Waals surface area contributed by atoms with Crippen LogP contribution in [-0.2, 0) is 11.8 Å². The van der Waals surface area contributed by atoms with E-state index < -0.39 is 0 Å². The molecule has 0 radical (unpaired) electrons. The molecule has 0 bridgehead atoms. The van der Waals surface area contributed by atoms with Crippen molar-refractivity contribution in [2.45, 2.75) is 98.3 Å². The van der Waals surface area contributed by atoms with Crippen molar-refractivity contribution < 1.29 is 14.6 Å². The van der Waals surface area contributed by atoms with Gasteiger partial charge in [0, 0.05) is 12.0 Å². The van der Waals surface area contributed by atoms with Crippen LogP contribution < -0.4 is 9.47 Å². The zero-order valence-corrected chi connectivity index (χ0v) is 22.9. The number of aliphatic hydroxyl groups excluding tert-OH is 1. The molecule has 4 aliphatic rings. The summed E-state index contributed by atoms with van der Waals surface area (Å²) in [5.41, 5.74) is 6.73. The average Bonchev–Trinajstić information content (AvgIpc) is 2.82. The first-order chi connectivity index (χ1) is 15.9. The highest BCUT2D eigenvalue weighted by atomic mass is 16.5. The first-order valence-corrected chi connectivity index (χ1v) is 13.5. The van der Waals surface area contributed by atoms with E-state index in [1.807, 2.05) is 0 Å². The largest absolute Gasteiger partial charge is 0.493 e. The number of ether oxygens (including phenoxy) is 2. The molecule has 4 aliphatic carbocycles. The zero-order chi connectivity index (χ0) is 24.7. The molecule has 3 fully saturated rings. The number of fused-ring (bicyclic) bond motifs is 7. The second-order valence-electron chi connectivity index (χ2n) is 13.5. The summed E-state index contributed by atoms with van der Waals surface area (Å²) in [6.07, 6.45) is 12.2. The van der Waals surface area contributed by atoms with Crippen LogP contribution in [-0.4, -0.2) is 25.9 Å². The lowest BCUT2D eigenvalue weighted by Crippen LogP contribution is -2.62. The molecule has 34 heavy (non-hydrogen) atoms.